The molecule has 0 radical (unpaired) electrons. The predicted molar refractivity (Wildman–Crippen MR) is 132 cm³/mol. The molecular formula is C26H28N2O4S. The van der Waals surface area contributed by atoms with Crippen molar-refractivity contribution < 1.29 is 18.3 Å². The Balaban J connectivity index is 1.36. The molecule has 33 heavy (non-hydrogen) atoms. The number of piperidine rings is 1. The Morgan fingerprint density at radius 2 is 1.58 bits per heavy atom. The minimum Gasteiger partial charge on any atom is -0.480 e. The number of nitrogens with zero attached hydrogens (tertiary/aromatic N) is 1. The van der Waals surface area contributed by atoms with Crippen molar-refractivity contribution in [3.8, 4) is 0 Å². The fraction of sp³-hybridized carbons (Fsp3) is 0.269. The predicted octanol–water partition coefficient (Wildman–Crippen LogP) is 4.50. The molecule has 172 valence electrons. The maximum Gasteiger partial charge on any atom is 0.321 e. The highest BCUT2D eigenvalue weighted by molar-refractivity contribution is 7.87. The number of aliphatic carboxylic acids is 1. The number of hydrogen-bond acceptors (Lipinski definition) is 3. The van der Waals surface area contributed by atoms with Crippen LogP contribution in [0.25, 0.3) is 22.9 Å². The van der Waals surface area contributed by atoms with Gasteiger partial charge < -0.3 is 5.11 Å². The van der Waals surface area contributed by atoms with Crippen LogP contribution in [-0.4, -0.2) is 42.9 Å². The molecule has 0 spiro atoms. The van der Waals surface area contributed by atoms with Crippen LogP contribution in [0.15, 0.2) is 66.7 Å². The number of nitrogens with one attached hydrogen (secondary N) is 1. The van der Waals surface area contributed by atoms with Gasteiger partial charge in [0.25, 0.3) is 10.2 Å². The van der Waals surface area contributed by atoms with Crippen LogP contribution >= 0.6 is 0 Å². The van der Waals surface area contributed by atoms with Crippen molar-refractivity contribution in [3.05, 3.63) is 83.4 Å². The van der Waals surface area contributed by atoms with E-state index in [1.807, 2.05) is 12.1 Å². The maximum absolute atomic E-state index is 12.4. The summed E-state index contributed by atoms with van der Waals surface area (Å²) in [6.45, 7) is 2.06. The van der Waals surface area contributed by atoms with Crippen LogP contribution in [0, 0.1) is 0 Å². The quantitative estimate of drug-likeness (QED) is 0.504. The Hall–Kier alpha value is -3.00. The molecule has 0 amide bonds. The standard InChI is InChI=1S/C26H28N2O4S/c1-19(26(29)30)27-33(31,32)28-16-14-24(15-17-28)23-11-8-20(9-12-23)6-7-21-10-13-22-4-2-3-5-25(22)18-21/h2-13,18-19,24,27H,14-17H2,1H3,(H,29,30)/b7-6+/t19-/m1/s1. The third kappa shape index (κ3) is 5.68. The Kier molecular flexibility index (Phi) is 6.93. The van der Waals surface area contributed by atoms with Crippen LogP contribution in [0.3, 0.4) is 0 Å². The summed E-state index contributed by atoms with van der Waals surface area (Å²) >= 11 is 0. The number of hydrogen-bond donors (Lipinski definition) is 2. The molecule has 0 aliphatic carbocycles. The highest BCUT2D eigenvalue weighted by Gasteiger charge is 2.30. The lowest BCUT2D eigenvalue weighted by Gasteiger charge is -2.31. The highest BCUT2D eigenvalue weighted by atomic mass is 32.2. The van der Waals surface area contributed by atoms with Crippen molar-refractivity contribution in [2.75, 3.05) is 13.1 Å². The van der Waals surface area contributed by atoms with Crippen LogP contribution in [0.5, 0.6) is 0 Å². The minimum absolute atomic E-state index is 0.284. The molecular weight excluding hydrogens is 436 g/mol. The molecule has 6 nitrogen and oxygen atoms in total. The van der Waals surface area contributed by atoms with E-state index in [0.29, 0.717) is 25.9 Å². The lowest BCUT2D eigenvalue weighted by molar-refractivity contribution is -0.138. The average molecular weight is 465 g/mol. The van der Waals surface area contributed by atoms with Gasteiger partial charge in [-0.05, 0) is 59.2 Å². The molecule has 3 aromatic carbocycles. The number of benzene rings is 3. The normalized spacial score (nSPS) is 16.9. The number of fused-ring (bicyclic) bond motifs is 1. The SMILES string of the molecule is C[C@@H](NS(=O)(=O)N1CCC(c2ccc(/C=C/c3ccc4ccccc4c3)cc2)CC1)C(=O)O. The van der Waals surface area contributed by atoms with Crippen LogP contribution in [0.1, 0.15) is 42.4 Å². The van der Waals surface area contributed by atoms with Gasteiger partial charge in [0.1, 0.15) is 6.04 Å². The highest BCUT2D eigenvalue weighted by Crippen LogP contribution is 2.29. The van der Waals surface area contributed by atoms with Crippen molar-refractivity contribution in [3.63, 3.8) is 0 Å². The number of carbonyl (C=O) groups is 1. The van der Waals surface area contributed by atoms with E-state index in [1.165, 1.54) is 27.6 Å². The van der Waals surface area contributed by atoms with E-state index in [0.717, 1.165) is 11.1 Å². The third-order valence-corrected chi connectivity index (χ3v) is 7.84. The zero-order valence-corrected chi connectivity index (χ0v) is 19.3. The molecule has 7 heteroatoms. The molecule has 1 aliphatic heterocycles. The van der Waals surface area contributed by atoms with Gasteiger partial charge in [0, 0.05) is 13.1 Å². The van der Waals surface area contributed by atoms with E-state index in [9.17, 15) is 13.2 Å². The molecule has 1 saturated heterocycles. The van der Waals surface area contributed by atoms with Crippen molar-refractivity contribution in [1.82, 2.24) is 9.03 Å². The second-order valence-electron chi connectivity index (χ2n) is 8.46. The van der Waals surface area contributed by atoms with Crippen LogP contribution in [-0.2, 0) is 15.0 Å². The average Bonchev–Trinajstić information content (AvgIpc) is 2.82. The van der Waals surface area contributed by atoms with Crippen LogP contribution < -0.4 is 4.72 Å². The van der Waals surface area contributed by atoms with Gasteiger partial charge in [-0.15, -0.1) is 0 Å². The van der Waals surface area contributed by atoms with E-state index >= 15 is 0 Å². The largest absolute Gasteiger partial charge is 0.480 e. The topological polar surface area (TPSA) is 86.7 Å². The zero-order valence-electron chi connectivity index (χ0n) is 18.5. The summed E-state index contributed by atoms with van der Waals surface area (Å²) in [6.07, 6.45) is 5.61. The monoisotopic (exact) mass is 464 g/mol. The fourth-order valence-electron chi connectivity index (χ4n) is 4.16. The molecule has 1 fully saturated rings. The van der Waals surface area contributed by atoms with E-state index in [2.05, 4.69) is 71.5 Å². The Morgan fingerprint density at radius 3 is 2.24 bits per heavy atom. The first-order chi connectivity index (χ1) is 15.8. The lowest BCUT2D eigenvalue weighted by Crippen LogP contribution is -2.49. The van der Waals surface area contributed by atoms with Gasteiger partial charge in [-0.1, -0.05) is 72.8 Å². The number of carboxylic acid groups (broad SMARTS) is 1. The van der Waals surface area contributed by atoms with Crippen molar-refractivity contribution in [2.45, 2.75) is 31.7 Å². The second-order valence-corrected chi connectivity index (χ2v) is 10.2. The van der Waals surface area contributed by atoms with E-state index in [4.69, 9.17) is 5.11 Å². The van der Waals surface area contributed by atoms with Gasteiger partial charge in [0.2, 0.25) is 0 Å². The number of carboxylic acids is 1. The first-order valence-corrected chi connectivity index (χ1v) is 12.5. The van der Waals surface area contributed by atoms with Gasteiger partial charge in [-0.2, -0.15) is 17.4 Å². The Morgan fingerprint density at radius 1 is 0.970 bits per heavy atom. The smallest absolute Gasteiger partial charge is 0.321 e. The molecule has 0 bridgehead atoms. The number of rotatable bonds is 7. The van der Waals surface area contributed by atoms with E-state index in [1.54, 1.807) is 0 Å². The molecule has 0 saturated carbocycles. The Bertz CT molecular complexity index is 1260. The molecule has 2 N–H and O–H groups in total. The van der Waals surface area contributed by atoms with Crippen LogP contribution in [0.2, 0.25) is 0 Å². The van der Waals surface area contributed by atoms with E-state index in [-0.39, 0.29) is 5.92 Å². The van der Waals surface area contributed by atoms with Crippen LogP contribution in [0.4, 0.5) is 0 Å². The molecule has 1 atom stereocenters. The van der Waals surface area contributed by atoms with Gasteiger partial charge >= 0.3 is 5.97 Å². The lowest BCUT2D eigenvalue weighted by atomic mass is 9.90. The van der Waals surface area contributed by atoms with Gasteiger partial charge in [-0.25, -0.2) is 0 Å². The summed E-state index contributed by atoms with van der Waals surface area (Å²) in [5, 5.41) is 11.4. The summed E-state index contributed by atoms with van der Waals surface area (Å²) in [5.74, 6) is -0.907. The molecule has 0 aromatic heterocycles. The first-order valence-electron chi connectivity index (χ1n) is 11.1. The minimum atomic E-state index is -3.79. The fourth-order valence-corrected chi connectivity index (χ4v) is 5.55. The summed E-state index contributed by atoms with van der Waals surface area (Å²) in [6, 6.07) is 22.0. The summed E-state index contributed by atoms with van der Waals surface area (Å²) in [4.78, 5) is 11.0. The third-order valence-electron chi connectivity index (χ3n) is 6.14. The molecule has 1 heterocycles. The van der Waals surface area contributed by atoms with E-state index < -0.39 is 22.2 Å². The van der Waals surface area contributed by atoms with Crippen molar-refractivity contribution >= 4 is 39.1 Å². The summed E-state index contributed by atoms with van der Waals surface area (Å²) < 4.78 is 28.3. The van der Waals surface area contributed by atoms with Gasteiger partial charge in [-0.3, -0.25) is 4.79 Å². The zero-order chi connectivity index (χ0) is 23.4. The Labute approximate surface area is 194 Å². The maximum atomic E-state index is 12.4. The van der Waals surface area contributed by atoms with Crippen molar-refractivity contribution in [2.24, 2.45) is 0 Å². The molecule has 1 aliphatic rings. The van der Waals surface area contributed by atoms with Crippen molar-refractivity contribution in [1.29, 1.82) is 0 Å². The van der Waals surface area contributed by atoms with Gasteiger partial charge in [0.05, 0.1) is 0 Å². The first kappa shape index (κ1) is 23.2. The molecule has 0 unspecified atom stereocenters. The summed E-state index contributed by atoms with van der Waals surface area (Å²) in [5.41, 5.74) is 3.46. The summed E-state index contributed by atoms with van der Waals surface area (Å²) in [7, 11) is -3.79. The molecule has 4 rings (SSSR count). The second kappa shape index (κ2) is 9.87. The molecule has 3 aromatic rings. The van der Waals surface area contributed by atoms with Gasteiger partial charge in [0.15, 0.2) is 0 Å².